The van der Waals surface area contributed by atoms with Crippen LogP contribution in [0.15, 0.2) is 0 Å². The Morgan fingerprint density at radius 2 is 1.68 bits per heavy atom. The van der Waals surface area contributed by atoms with Gasteiger partial charge in [0.05, 0.1) is 18.6 Å². The molecule has 8 heteroatoms. The van der Waals surface area contributed by atoms with Crippen LogP contribution in [0.1, 0.15) is 40.5 Å². The summed E-state index contributed by atoms with van der Waals surface area (Å²) in [7, 11) is 0. The molecule has 1 saturated heterocycles. The normalized spacial score (nSPS) is 32.9. The maximum absolute atomic E-state index is 12.7. The van der Waals surface area contributed by atoms with Gasteiger partial charge < -0.3 is 30.3 Å². The molecule has 146 valence electrons. The molecule has 1 fully saturated rings. The van der Waals surface area contributed by atoms with Crippen molar-refractivity contribution in [3.8, 4) is 0 Å². The minimum Gasteiger partial charge on any atom is -0.481 e. The van der Waals surface area contributed by atoms with Crippen molar-refractivity contribution < 1.29 is 39.9 Å². The fourth-order valence-corrected chi connectivity index (χ4v) is 3.16. The van der Waals surface area contributed by atoms with Crippen molar-refractivity contribution in [2.75, 3.05) is 6.61 Å². The molecule has 25 heavy (non-hydrogen) atoms. The molecule has 7 atom stereocenters. The van der Waals surface area contributed by atoms with Crippen LogP contribution in [0.3, 0.4) is 0 Å². The van der Waals surface area contributed by atoms with E-state index in [0.29, 0.717) is 6.42 Å². The maximum atomic E-state index is 12.7. The number of carbonyl (C=O) groups is 2. The van der Waals surface area contributed by atoms with Crippen LogP contribution in [0, 0.1) is 23.2 Å². The molecule has 1 aliphatic rings. The van der Waals surface area contributed by atoms with Crippen LogP contribution in [0.2, 0.25) is 0 Å². The standard InChI is InChI=1S/C17H30O8/c1-8(15(22)23)10(6-17(2,3)4)11(19)5-9-13(20)14(21)12(7-18)25-16(9)24/h8-10,12-14,16,18,20-21,24H,5-7H2,1-4H3,(H,22,23). The van der Waals surface area contributed by atoms with Gasteiger partial charge in [-0.15, -0.1) is 0 Å². The highest BCUT2D eigenvalue weighted by Crippen LogP contribution is 2.34. The van der Waals surface area contributed by atoms with Crippen molar-refractivity contribution in [3.63, 3.8) is 0 Å². The Hall–Kier alpha value is -1.06. The zero-order valence-electron chi connectivity index (χ0n) is 15.1. The van der Waals surface area contributed by atoms with E-state index >= 15 is 0 Å². The molecule has 0 aromatic rings. The lowest BCUT2D eigenvalue weighted by atomic mass is 9.74. The third-order valence-electron chi connectivity index (χ3n) is 4.71. The van der Waals surface area contributed by atoms with Crippen molar-refractivity contribution in [3.05, 3.63) is 0 Å². The van der Waals surface area contributed by atoms with Gasteiger partial charge in [0.15, 0.2) is 6.29 Å². The molecule has 1 heterocycles. The van der Waals surface area contributed by atoms with Crippen LogP contribution in [0.4, 0.5) is 0 Å². The fraction of sp³-hybridized carbons (Fsp3) is 0.882. The summed E-state index contributed by atoms with van der Waals surface area (Å²) in [6, 6.07) is 0. The summed E-state index contributed by atoms with van der Waals surface area (Å²) >= 11 is 0. The van der Waals surface area contributed by atoms with E-state index in [2.05, 4.69) is 0 Å². The van der Waals surface area contributed by atoms with Gasteiger partial charge in [0.2, 0.25) is 0 Å². The van der Waals surface area contributed by atoms with Gasteiger partial charge in [0.25, 0.3) is 0 Å². The number of rotatable bonds is 7. The number of ether oxygens (including phenoxy) is 1. The fourth-order valence-electron chi connectivity index (χ4n) is 3.16. The summed E-state index contributed by atoms with van der Waals surface area (Å²) < 4.78 is 5.05. The quantitative estimate of drug-likeness (QED) is 0.417. The van der Waals surface area contributed by atoms with E-state index in [1.807, 2.05) is 20.8 Å². The number of carbonyl (C=O) groups excluding carboxylic acids is 1. The Kier molecular flexibility index (Phi) is 7.52. The monoisotopic (exact) mass is 362 g/mol. The minimum absolute atomic E-state index is 0.286. The number of aliphatic hydroxyl groups is 4. The predicted octanol–water partition coefficient (Wildman–Crippen LogP) is -0.234. The van der Waals surface area contributed by atoms with Crippen LogP contribution in [-0.4, -0.2) is 68.5 Å². The SMILES string of the molecule is CC(C(=O)O)C(CC(C)(C)C)C(=O)CC1C(O)OC(CO)C(O)C1O. The van der Waals surface area contributed by atoms with Gasteiger partial charge in [-0.25, -0.2) is 0 Å². The van der Waals surface area contributed by atoms with Crippen molar-refractivity contribution in [1.82, 2.24) is 0 Å². The highest BCUT2D eigenvalue weighted by atomic mass is 16.6. The number of ketones is 1. The number of aliphatic carboxylic acids is 1. The Bertz CT molecular complexity index is 472. The van der Waals surface area contributed by atoms with Gasteiger partial charge in [-0.1, -0.05) is 27.7 Å². The molecule has 1 rings (SSSR count). The molecule has 7 unspecified atom stereocenters. The molecule has 0 aromatic carbocycles. The highest BCUT2D eigenvalue weighted by molar-refractivity contribution is 5.86. The summed E-state index contributed by atoms with van der Waals surface area (Å²) in [4.78, 5) is 24.1. The van der Waals surface area contributed by atoms with Crippen LogP contribution in [0.5, 0.6) is 0 Å². The van der Waals surface area contributed by atoms with Crippen molar-refractivity contribution in [2.24, 2.45) is 23.2 Å². The topological polar surface area (TPSA) is 145 Å². The molecular weight excluding hydrogens is 332 g/mol. The number of hydrogen-bond donors (Lipinski definition) is 5. The zero-order chi connectivity index (χ0) is 19.5. The van der Waals surface area contributed by atoms with Gasteiger partial charge in [0, 0.05) is 18.3 Å². The zero-order valence-corrected chi connectivity index (χ0v) is 15.1. The predicted molar refractivity (Wildman–Crippen MR) is 87.5 cm³/mol. The smallest absolute Gasteiger partial charge is 0.306 e. The number of carboxylic acids is 1. The molecule has 0 aromatic heterocycles. The van der Waals surface area contributed by atoms with Gasteiger partial charge in [0.1, 0.15) is 18.0 Å². The molecule has 0 radical (unpaired) electrons. The lowest BCUT2D eigenvalue weighted by Crippen LogP contribution is -2.56. The van der Waals surface area contributed by atoms with E-state index < -0.39 is 60.7 Å². The first-order valence-corrected chi connectivity index (χ1v) is 8.45. The van der Waals surface area contributed by atoms with Crippen molar-refractivity contribution >= 4 is 11.8 Å². The summed E-state index contributed by atoms with van der Waals surface area (Å²) in [6.07, 6.45) is -5.56. The Labute approximate surface area is 147 Å². The third kappa shape index (κ3) is 5.72. The molecular formula is C17H30O8. The molecule has 8 nitrogen and oxygen atoms in total. The van der Waals surface area contributed by atoms with E-state index in [4.69, 9.17) is 9.84 Å². The van der Waals surface area contributed by atoms with Gasteiger partial charge >= 0.3 is 5.97 Å². The van der Waals surface area contributed by atoms with E-state index in [1.165, 1.54) is 6.92 Å². The molecule has 0 spiro atoms. The minimum atomic E-state index is -1.53. The molecule has 5 N–H and O–H groups in total. The van der Waals surface area contributed by atoms with Crippen LogP contribution >= 0.6 is 0 Å². The maximum Gasteiger partial charge on any atom is 0.306 e. The van der Waals surface area contributed by atoms with E-state index in [9.17, 15) is 30.0 Å². The summed E-state index contributed by atoms with van der Waals surface area (Å²) in [6.45, 7) is 6.55. The molecule has 0 bridgehead atoms. The Morgan fingerprint density at radius 1 is 1.12 bits per heavy atom. The highest BCUT2D eigenvalue weighted by Gasteiger charge is 2.45. The molecule has 0 amide bonds. The second-order valence-corrected chi connectivity index (χ2v) is 8.06. The largest absolute Gasteiger partial charge is 0.481 e. The summed E-state index contributed by atoms with van der Waals surface area (Å²) in [5, 5.41) is 48.4. The van der Waals surface area contributed by atoms with Crippen LogP contribution < -0.4 is 0 Å². The lowest BCUT2D eigenvalue weighted by molar-refractivity contribution is -0.270. The summed E-state index contributed by atoms with van der Waals surface area (Å²) in [5.74, 6) is -4.30. The van der Waals surface area contributed by atoms with Gasteiger partial charge in [-0.3, -0.25) is 9.59 Å². The van der Waals surface area contributed by atoms with Crippen LogP contribution in [-0.2, 0) is 14.3 Å². The van der Waals surface area contributed by atoms with Gasteiger partial charge in [-0.2, -0.15) is 0 Å². The van der Waals surface area contributed by atoms with Gasteiger partial charge in [-0.05, 0) is 11.8 Å². The van der Waals surface area contributed by atoms with E-state index in [-0.39, 0.29) is 11.8 Å². The van der Waals surface area contributed by atoms with Crippen molar-refractivity contribution in [2.45, 2.75) is 65.1 Å². The number of Topliss-reactive ketones (excluding diaryl/α,β-unsaturated/α-hetero) is 1. The summed E-state index contributed by atoms with van der Waals surface area (Å²) in [5.41, 5.74) is -0.286. The second-order valence-electron chi connectivity index (χ2n) is 8.06. The van der Waals surface area contributed by atoms with E-state index in [0.717, 1.165) is 0 Å². The van der Waals surface area contributed by atoms with E-state index in [1.54, 1.807) is 0 Å². The third-order valence-corrected chi connectivity index (χ3v) is 4.71. The van der Waals surface area contributed by atoms with Crippen molar-refractivity contribution in [1.29, 1.82) is 0 Å². The number of aliphatic hydroxyl groups excluding tert-OH is 4. The first kappa shape index (κ1) is 22.0. The van der Waals surface area contributed by atoms with Crippen LogP contribution in [0.25, 0.3) is 0 Å². The second kappa shape index (κ2) is 8.55. The first-order chi connectivity index (χ1) is 11.4. The molecule has 0 saturated carbocycles. The Balaban J connectivity index is 2.93. The molecule has 0 aliphatic carbocycles. The molecule has 1 aliphatic heterocycles. The average Bonchev–Trinajstić information content (AvgIpc) is 2.50. The number of hydrogen-bond acceptors (Lipinski definition) is 7. The lowest BCUT2D eigenvalue weighted by Gasteiger charge is -2.40. The number of carboxylic acid groups (broad SMARTS) is 1. The Morgan fingerprint density at radius 3 is 2.12 bits per heavy atom. The first-order valence-electron chi connectivity index (χ1n) is 8.45. The average molecular weight is 362 g/mol.